The van der Waals surface area contributed by atoms with Crippen molar-refractivity contribution in [2.45, 2.75) is 37.5 Å². The fraction of sp³-hybridized carbons (Fsp3) is 0.353. The van der Waals surface area contributed by atoms with Crippen molar-refractivity contribution in [2.75, 3.05) is 0 Å². The van der Waals surface area contributed by atoms with E-state index in [4.69, 9.17) is 4.74 Å². The minimum Gasteiger partial charge on any atom is -0.459 e. The molecule has 1 fully saturated rings. The molecule has 1 aromatic rings. The molecule has 0 aromatic heterocycles. The Labute approximate surface area is 163 Å². The minimum atomic E-state index is -1.01. The number of esters is 1. The first kappa shape index (κ1) is 20.6. The summed E-state index contributed by atoms with van der Waals surface area (Å²) in [5.74, 6) is -1.46. The summed E-state index contributed by atoms with van der Waals surface area (Å²) < 4.78 is 5.25. The molecule has 0 aliphatic carbocycles. The summed E-state index contributed by atoms with van der Waals surface area (Å²) in [6.07, 6.45) is 0. The molecular weight excluding hydrogens is 422 g/mol. The maximum atomic E-state index is 12.5. The van der Waals surface area contributed by atoms with E-state index < -0.39 is 33.8 Å². The third-order valence-electron chi connectivity index (χ3n) is 3.92. The largest absolute Gasteiger partial charge is 0.459 e. The van der Waals surface area contributed by atoms with Gasteiger partial charge in [-0.3, -0.25) is 19.7 Å². The highest BCUT2D eigenvalue weighted by molar-refractivity contribution is 9.09. The second-order valence-corrected chi connectivity index (χ2v) is 7.01. The van der Waals surface area contributed by atoms with Crippen LogP contribution in [0.1, 0.15) is 19.4 Å². The molecule has 27 heavy (non-hydrogen) atoms. The molecule has 0 radical (unpaired) electrons. The molecule has 1 aliphatic rings. The Morgan fingerprint density at radius 2 is 1.96 bits per heavy atom. The van der Waals surface area contributed by atoms with Crippen LogP contribution >= 0.6 is 15.9 Å². The zero-order chi connectivity index (χ0) is 20.3. The number of amides is 2. The number of non-ortho nitro benzene ring substituents is 1. The number of hydrogen-bond donors (Lipinski definition) is 1. The maximum absolute atomic E-state index is 12.5. The van der Waals surface area contributed by atoms with Gasteiger partial charge in [0.05, 0.1) is 4.92 Å². The van der Waals surface area contributed by atoms with Gasteiger partial charge in [0.1, 0.15) is 17.6 Å². The molecule has 144 valence electrons. The highest BCUT2D eigenvalue weighted by Gasteiger charge is 2.52. The van der Waals surface area contributed by atoms with E-state index in [0.717, 1.165) is 0 Å². The van der Waals surface area contributed by atoms with Crippen LogP contribution in [0.15, 0.2) is 36.4 Å². The van der Waals surface area contributed by atoms with Crippen molar-refractivity contribution in [3.05, 3.63) is 52.1 Å². The SMILES string of the molecule is C=C(C)C(C(=O)OCc1ccc([N+](=O)[O-])cc1)N1C(=O)C(NC(C)=O)C1Br. The molecule has 3 atom stereocenters. The Bertz CT molecular complexity index is 794. The lowest BCUT2D eigenvalue weighted by atomic mass is 9.99. The molecule has 0 spiro atoms. The second-order valence-electron chi connectivity index (χ2n) is 6.08. The van der Waals surface area contributed by atoms with Gasteiger partial charge in [0.2, 0.25) is 11.8 Å². The van der Waals surface area contributed by atoms with Crippen LogP contribution in [0.3, 0.4) is 0 Å². The quantitative estimate of drug-likeness (QED) is 0.131. The van der Waals surface area contributed by atoms with Crippen molar-refractivity contribution >= 4 is 39.4 Å². The first-order chi connectivity index (χ1) is 12.6. The highest BCUT2D eigenvalue weighted by Crippen LogP contribution is 2.31. The molecule has 3 unspecified atom stereocenters. The van der Waals surface area contributed by atoms with Crippen LogP contribution in [0.2, 0.25) is 0 Å². The fourth-order valence-electron chi connectivity index (χ4n) is 2.60. The van der Waals surface area contributed by atoms with Crippen LogP contribution in [-0.4, -0.2) is 44.6 Å². The lowest BCUT2D eigenvalue weighted by Crippen LogP contribution is -2.72. The molecule has 10 heteroatoms. The van der Waals surface area contributed by atoms with Crippen LogP contribution < -0.4 is 5.32 Å². The molecule has 1 saturated heterocycles. The average Bonchev–Trinajstić information content (AvgIpc) is 2.61. The summed E-state index contributed by atoms with van der Waals surface area (Å²) in [6, 6.07) is 3.82. The molecule has 1 heterocycles. The van der Waals surface area contributed by atoms with Crippen LogP contribution in [0.25, 0.3) is 0 Å². The van der Waals surface area contributed by atoms with Gasteiger partial charge < -0.3 is 15.0 Å². The lowest BCUT2D eigenvalue weighted by molar-refractivity contribution is -0.384. The van der Waals surface area contributed by atoms with Crippen LogP contribution in [-0.2, 0) is 25.7 Å². The Kier molecular flexibility index (Phi) is 6.32. The Morgan fingerprint density at radius 1 is 1.37 bits per heavy atom. The number of rotatable bonds is 7. The average molecular weight is 440 g/mol. The van der Waals surface area contributed by atoms with Crippen LogP contribution in [0.5, 0.6) is 0 Å². The number of carbonyl (C=O) groups is 3. The predicted octanol–water partition coefficient (Wildman–Crippen LogP) is 1.65. The second kappa shape index (κ2) is 8.30. The van der Waals surface area contributed by atoms with Crippen molar-refractivity contribution in [1.29, 1.82) is 0 Å². The number of hydrogen-bond acceptors (Lipinski definition) is 6. The molecule has 2 rings (SSSR count). The normalized spacial score (nSPS) is 19.7. The Morgan fingerprint density at radius 3 is 2.41 bits per heavy atom. The molecule has 0 bridgehead atoms. The molecule has 9 nitrogen and oxygen atoms in total. The van der Waals surface area contributed by atoms with E-state index in [9.17, 15) is 24.5 Å². The van der Waals surface area contributed by atoms with Gasteiger partial charge in [-0.15, -0.1) is 0 Å². The molecule has 2 amide bonds. The number of β-lactam (4-membered cyclic amide) rings is 1. The number of likely N-dealkylation sites (tertiary alicyclic amines) is 1. The smallest absolute Gasteiger partial charge is 0.333 e. The summed E-state index contributed by atoms with van der Waals surface area (Å²) >= 11 is 3.29. The Balaban J connectivity index is 2.03. The number of alkyl halides is 1. The number of benzene rings is 1. The summed E-state index contributed by atoms with van der Waals surface area (Å²) in [7, 11) is 0. The van der Waals surface area contributed by atoms with Crippen molar-refractivity contribution in [3.8, 4) is 0 Å². The van der Waals surface area contributed by atoms with Crippen molar-refractivity contribution in [3.63, 3.8) is 0 Å². The van der Waals surface area contributed by atoms with Gasteiger partial charge in [-0.05, 0) is 30.2 Å². The molecule has 1 aromatic carbocycles. The fourth-order valence-corrected chi connectivity index (χ4v) is 3.39. The van der Waals surface area contributed by atoms with Gasteiger partial charge in [-0.25, -0.2) is 4.79 Å². The van der Waals surface area contributed by atoms with Gasteiger partial charge in [0.25, 0.3) is 5.69 Å². The van der Waals surface area contributed by atoms with Gasteiger partial charge in [-0.1, -0.05) is 22.5 Å². The van der Waals surface area contributed by atoms with Gasteiger partial charge in [0, 0.05) is 19.1 Å². The standard InChI is InChI=1S/C17H18BrN3O6/c1-9(2)14(20-15(18)13(16(20)23)19-10(3)22)17(24)27-8-11-4-6-12(7-5-11)21(25)26/h4-7,13-15H,1,8H2,2-3H3,(H,19,22). The van der Waals surface area contributed by atoms with Crippen molar-refractivity contribution in [1.82, 2.24) is 10.2 Å². The number of nitrogens with one attached hydrogen (secondary N) is 1. The van der Waals surface area contributed by atoms with E-state index in [1.165, 1.54) is 36.1 Å². The van der Waals surface area contributed by atoms with Gasteiger partial charge in [0.15, 0.2) is 6.04 Å². The number of nitro groups is 1. The first-order valence-electron chi connectivity index (χ1n) is 7.92. The van der Waals surface area contributed by atoms with E-state index in [1.54, 1.807) is 6.92 Å². The molecule has 0 saturated carbocycles. The highest BCUT2D eigenvalue weighted by atomic mass is 79.9. The van der Waals surface area contributed by atoms with E-state index in [-0.39, 0.29) is 18.2 Å². The predicted molar refractivity (Wildman–Crippen MR) is 98.7 cm³/mol. The summed E-state index contributed by atoms with van der Waals surface area (Å²) in [6.45, 7) is 6.53. The van der Waals surface area contributed by atoms with E-state index in [0.29, 0.717) is 11.1 Å². The first-order valence-corrected chi connectivity index (χ1v) is 8.83. The maximum Gasteiger partial charge on any atom is 0.333 e. The van der Waals surface area contributed by atoms with Crippen LogP contribution in [0, 0.1) is 10.1 Å². The number of nitro benzene ring substituents is 1. The number of ether oxygens (including phenoxy) is 1. The zero-order valence-electron chi connectivity index (χ0n) is 14.7. The number of halogens is 1. The molecular formula is C17H18BrN3O6. The Hall–Kier alpha value is -2.75. The van der Waals surface area contributed by atoms with Crippen molar-refractivity contribution < 1.29 is 24.0 Å². The van der Waals surface area contributed by atoms with Crippen LogP contribution in [0.4, 0.5) is 5.69 Å². The number of nitrogens with zero attached hydrogens (tertiary/aromatic N) is 2. The van der Waals surface area contributed by atoms with E-state index in [2.05, 4.69) is 27.8 Å². The third kappa shape index (κ3) is 4.51. The third-order valence-corrected chi connectivity index (χ3v) is 4.89. The summed E-state index contributed by atoms with van der Waals surface area (Å²) in [5, 5.41) is 13.2. The lowest BCUT2D eigenvalue weighted by Gasteiger charge is -2.47. The summed E-state index contributed by atoms with van der Waals surface area (Å²) in [5.41, 5.74) is 0.904. The van der Waals surface area contributed by atoms with Gasteiger partial charge >= 0.3 is 5.97 Å². The monoisotopic (exact) mass is 439 g/mol. The summed E-state index contributed by atoms with van der Waals surface area (Å²) in [4.78, 5) is 46.8. The molecule has 1 aliphatic heterocycles. The van der Waals surface area contributed by atoms with E-state index >= 15 is 0 Å². The zero-order valence-corrected chi connectivity index (χ0v) is 16.3. The van der Waals surface area contributed by atoms with Gasteiger partial charge in [-0.2, -0.15) is 0 Å². The minimum absolute atomic E-state index is 0.0674. The topological polar surface area (TPSA) is 119 Å². The number of carbonyl (C=O) groups excluding carboxylic acids is 3. The van der Waals surface area contributed by atoms with E-state index in [1.807, 2.05) is 0 Å². The van der Waals surface area contributed by atoms with Crippen molar-refractivity contribution in [2.24, 2.45) is 0 Å². The molecule has 1 N–H and O–H groups in total.